The summed E-state index contributed by atoms with van der Waals surface area (Å²) >= 11 is 0. The number of hydrogen-bond acceptors (Lipinski definition) is 2. The number of fused-ring (bicyclic) bond motifs is 9. The van der Waals surface area contributed by atoms with Crippen LogP contribution in [-0.4, -0.2) is 9.38 Å². The van der Waals surface area contributed by atoms with E-state index in [9.17, 15) is 0 Å². The van der Waals surface area contributed by atoms with Crippen LogP contribution in [-0.2, 0) is 10.8 Å². The summed E-state index contributed by atoms with van der Waals surface area (Å²) in [5, 5.41) is 7.47. The van der Waals surface area contributed by atoms with Crippen molar-refractivity contribution >= 4 is 60.0 Å². The lowest BCUT2D eigenvalue weighted by molar-refractivity contribution is 0.589. The Labute approximate surface area is 233 Å². The highest BCUT2D eigenvalue weighted by molar-refractivity contribution is 6.26. The van der Waals surface area contributed by atoms with Gasteiger partial charge >= 0.3 is 0 Å². The molecule has 0 fully saturated rings. The monoisotopic (exact) mass is 520 g/mol. The van der Waals surface area contributed by atoms with E-state index < -0.39 is 0 Å². The van der Waals surface area contributed by atoms with Gasteiger partial charge in [0.1, 0.15) is 11.2 Å². The van der Waals surface area contributed by atoms with Crippen molar-refractivity contribution in [2.75, 3.05) is 0 Å². The molecule has 0 unspecified atom stereocenters. The molecular weight excluding hydrogens is 488 g/mol. The molecule has 4 heterocycles. The lowest BCUT2D eigenvalue weighted by Crippen LogP contribution is -2.11. The molecule has 4 aromatic carbocycles. The molecule has 0 spiro atoms. The van der Waals surface area contributed by atoms with Crippen molar-refractivity contribution in [3.8, 4) is 11.3 Å². The zero-order valence-electron chi connectivity index (χ0n) is 23.9. The third-order valence-corrected chi connectivity index (χ3v) is 8.68. The van der Waals surface area contributed by atoms with E-state index in [1.165, 1.54) is 60.0 Å². The number of hydrogen-bond donors (Lipinski definition) is 0. The Balaban J connectivity index is 1.49. The van der Waals surface area contributed by atoms with Gasteiger partial charge in [0.25, 0.3) is 0 Å². The maximum atomic E-state index is 6.33. The van der Waals surface area contributed by atoms with Crippen molar-refractivity contribution in [2.45, 2.75) is 52.4 Å². The van der Waals surface area contributed by atoms with Gasteiger partial charge in [0.05, 0.1) is 22.2 Å². The Morgan fingerprint density at radius 3 is 2.05 bits per heavy atom. The molecule has 0 radical (unpaired) electrons. The van der Waals surface area contributed by atoms with Crippen molar-refractivity contribution in [2.24, 2.45) is 0 Å². The van der Waals surface area contributed by atoms with Crippen LogP contribution >= 0.6 is 0 Å². The van der Waals surface area contributed by atoms with E-state index >= 15 is 0 Å². The van der Waals surface area contributed by atoms with E-state index in [4.69, 9.17) is 9.40 Å². The standard InChI is InChI=1S/C37H32N2O/c1-36(2,3)22-13-14-38-30(18-22)21-11-12-31-25(15-21)28-16-23(37(4,5)6)17-29-26-19-27-24-9-7-8-10-33(24)40-34(27)20-32(26)39(31)35(28)29/h7-20H,1-6H3. The molecule has 3 nitrogen and oxygen atoms in total. The average Bonchev–Trinajstić information content (AvgIpc) is 3.56. The van der Waals surface area contributed by atoms with Crippen LogP contribution in [0, 0.1) is 0 Å². The first-order valence-electron chi connectivity index (χ1n) is 14.1. The predicted octanol–water partition coefficient (Wildman–Crippen LogP) is 10.4. The molecule has 40 heavy (non-hydrogen) atoms. The Morgan fingerprint density at radius 1 is 0.575 bits per heavy atom. The van der Waals surface area contributed by atoms with Gasteiger partial charge in [0.2, 0.25) is 0 Å². The van der Waals surface area contributed by atoms with Gasteiger partial charge in [-0.05, 0) is 70.5 Å². The average molecular weight is 521 g/mol. The second kappa shape index (κ2) is 7.63. The van der Waals surface area contributed by atoms with Crippen molar-refractivity contribution in [1.29, 1.82) is 0 Å². The molecule has 0 aliphatic rings. The number of para-hydroxylation sites is 1. The van der Waals surface area contributed by atoms with Crippen LogP contribution in [0.3, 0.4) is 0 Å². The van der Waals surface area contributed by atoms with Crippen molar-refractivity contribution in [3.05, 3.63) is 96.2 Å². The fourth-order valence-electron chi connectivity index (χ4n) is 6.41. The van der Waals surface area contributed by atoms with Crippen LogP contribution < -0.4 is 0 Å². The molecule has 0 atom stereocenters. The zero-order valence-corrected chi connectivity index (χ0v) is 23.9. The first kappa shape index (κ1) is 23.5. The zero-order chi connectivity index (χ0) is 27.6. The minimum absolute atomic E-state index is 0.0223. The Bertz CT molecular complexity index is 2280. The summed E-state index contributed by atoms with van der Waals surface area (Å²) < 4.78 is 8.77. The number of aromatic nitrogens is 2. The van der Waals surface area contributed by atoms with Gasteiger partial charge in [-0.25, -0.2) is 0 Å². The van der Waals surface area contributed by atoms with E-state index in [-0.39, 0.29) is 10.8 Å². The van der Waals surface area contributed by atoms with Gasteiger partial charge < -0.3 is 8.82 Å². The maximum absolute atomic E-state index is 6.33. The van der Waals surface area contributed by atoms with Gasteiger partial charge in [-0.1, -0.05) is 65.8 Å². The van der Waals surface area contributed by atoms with Crippen LogP contribution in [0.5, 0.6) is 0 Å². The summed E-state index contributed by atoms with van der Waals surface area (Å²) in [7, 11) is 0. The number of rotatable bonds is 1. The molecular formula is C37H32N2O. The van der Waals surface area contributed by atoms with Crippen LogP contribution in [0.1, 0.15) is 52.7 Å². The van der Waals surface area contributed by atoms with E-state index in [0.29, 0.717) is 0 Å². The summed E-state index contributed by atoms with van der Waals surface area (Å²) in [4.78, 5) is 4.78. The lowest BCUT2D eigenvalue weighted by Gasteiger charge is -2.19. The predicted molar refractivity (Wildman–Crippen MR) is 169 cm³/mol. The topological polar surface area (TPSA) is 30.4 Å². The fraction of sp³-hybridized carbons (Fsp3) is 0.216. The summed E-state index contributed by atoms with van der Waals surface area (Å²) in [6.07, 6.45) is 1.94. The summed E-state index contributed by atoms with van der Waals surface area (Å²) in [5.74, 6) is 0. The molecule has 0 saturated carbocycles. The highest BCUT2D eigenvalue weighted by Gasteiger charge is 2.24. The molecule has 3 heteroatoms. The van der Waals surface area contributed by atoms with E-state index in [0.717, 1.165) is 22.4 Å². The first-order chi connectivity index (χ1) is 19.1. The van der Waals surface area contributed by atoms with Crippen LogP contribution in [0.15, 0.2) is 89.5 Å². The molecule has 0 aliphatic heterocycles. The largest absolute Gasteiger partial charge is 0.456 e. The molecule has 8 rings (SSSR count). The molecule has 0 N–H and O–H groups in total. The summed E-state index contributed by atoms with van der Waals surface area (Å²) in [6, 6.07) is 28.9. The SMILES string of the molecule is CC(C)(C)c1ccnc(-c2ccc3c(c2)c2cc(C(C)(C)C)cc4c5cc6c(cc5n3c24)oc2ccccc26)c1. The summed E-state index contributed by atoms with van der Waals surface area (Å²) in [6.45, 7) is 13.7. The minimum Gasteiger partial charge on any atom is -0.456 e. The second-order valence-electron chi connectivity index (χ2n) is 13.4. The van der Waals surface area contributed by atoms with Crippen LogP contribution in [0.2, 0.25) is 0 Å². The van der Waals surface area contributed by atoms with Gasteiger partial charge in [-0.15, -0.1) is 0 Å². The second-order valence-corrected chi connectivity index (χ2v) is 13.4. The number of benzene rings is 4. The Kier molecular flexibility index (Phi) is 4.49. The van der Waals surface area contributed by atoms with Crippen molar-refractivity contribution in [3.63, 3.8) is 0 Å². The molecule has 0 aliphatic carbocycles. The van der Waals surface area contributed by atoms with Gasteiger partial charge in [-0.3, -0.25) is 4.98 Å². The Hall–Kier alpha value is -4.37. The van der Waals surface area contributed by atoms with E-state index in [1.54, 1.807) is 0 Å². The number of furan rings is 1. The van der Waals surface area contributed by atoms with Gasteiger partial charge in [-0.2, -0.15) is 0 Å². The van der Waals surface area contributed by atoms with Crippen molar-refractivity contribution in [1.82, 2.24) is 9.38 Å². The molecule has 8 aromatic rings. The third kappa shape index (κ3) is 3.21. The van der Waals surface area contributed by atoms with Crippen molar-refractivity contribution < 1.29 is 4.42 Å². The molecule has 0 saturated heterocycles. The maximum Gasteiger partial charge on any atom is 0.137 e. The molecule has 196 valence electrons. The minimum atomic E-state index is 0.0223. The van der Waals surface area contributed by atoms with Crippen LogP contribution in [0.4, 0.5) is 0 Å². The quantitative estimate of drug-likeness (QED) is 0.215. The molecule has 4 aromatic heterocycles. The lowest BCUT2D eigenvalue weighted by atomic mass is 9.85. The normalized spacial score (nSPS) is 13.2. The van der Waals surface area contributed by atoms with Crippen LogP contribution in [0.25, 0.3) is 71.3 Å². The van der Waals surface area contributed by atoms with E-state index in [2.05, 4.69) is 119 Å². The summed E-state index contributed by atoms with van der Waals surface area (Å²) in [5.41, 5.74) is 10.4. The fourth-order valence-corrected chi connectivity index (χ4v) is 6.41. The first-order valence-corrected chi connectivity index (χ1v) is 14.1. The smallest absolute Gasteiger partial charge is 0.137 e. The highest BCUT2D eigenvalue weighted by atomic mass is 16.3. The molecule has 0 amide bonds. The Morgan fingerprint density at radius 2 is 1.30 bits per heavy atom. The number of nitrogens with zero attached hydrogens (tertiary/aromatic N) is 2. The van der Waals surface area contributed by atoms with Gasteiger partial charge in [0.15, 0.2) is 0 Å². The van der Waals surface area contributed by atoms with E-state index in [1.807, 2.05) is 12.3 Å². The highest BCUT2D eigenvalue weighted by Crippen LogP contribution is 2.44. The third-order valence-electron chi connectivity index (χ3n) is 8.68. The molecule has 0 bridgehead atoms. The number of pyridine rings is 1. The van der Waals surface area contributed by atoms with Gasteiger partial charge in [0, 0.05) is 50.1 Å².